The molecule has 0 saturated heterocycles. The number of hydrogen-bond donors (Lipinski definition) is 2. The van der Waals surface area contributed by atoms with E-state index in [0.717, 1.165) is 28.9 Å². The van der Waals surface area contributed by atoms with Gasteiger partial charge in [0.15, 0.2) is 16.9 Å². The second-order valence-corrected chi connectivity index (χ2v) is 11.8. The fraction of sp³-hybridized carbons (Fsp3) is 0.324. The number of aliphatic carboxylic acids is 1. The zero-order chi connectivity index (χ0) is 44.0. The molecule has 21 nitrogen and oxygen atoms in total. The third kappa shape index (κ3) is 21.0. The number of benzene rings is 3. The summed E-state index contributed by atoms with van der Waals surface area (Å²) >= 11 is 0. The van der Waals surface area contributed by atoms with E-state index in [2.05, 4.69) is 34.2 Å². The second-order valence-electron chi connectivity index (χ2n) is 11.8. The van der Waals surface area contributed by atoms with Gasteiger partial charge in [-0.2, -0.15) is 10.2 Å². The quantitative estimate of drug-likeness (QED) is 0.0452. The molecule has 0 radical (unpaired) electrons. The van der Waals surface area contributed by atoms with Gasteiger partial charge in [0.1, 0.15) is 6.61 Å². The van der Waals surface area contributed by atoms with Crippen molar-refractivity contribution in [3.8, 4) is 0 Å². The third-order valence-corrected chi connectivity index (χ3v) is 6.91. The monoisotopic (exact) mass is 849 g/mol. The van der Waals surface area contributed by atoms with E-state index >= 15 is 0 Å². The van der Waals surface area contributed by atoms with E-state index in [1.165, 1.54) is 56.8 Å². The normalized spacial score (nSPS) is 9.24. The minimum atomic E-state index is -1.08. The predicted molar refractivity (Wildman–Crippen MR) is 215 cm³/mol. The number of Topliss-reactive ketones (excluding diaryl/α,β-unsaturated/α-hetero) is 2. The van der Waals surface area contributed by atoms with Gasteiger partial charge in [-0.15, -0.1) is 4.91 Å². The summed E-state index contributed by atoms with van der Waals surface area (Å²) in [6, 6.07) is 14.6. The van der Waals surface area contributed by atoms with Crippen molar-refractivity contribution in [3.63, 3.8) is 0 Å². The topological polar surface area (TPSA) is 321 Å². The Morgan fingerprint density at radius 2 is 1.14 bits per heavy atom. The van der Waals surface area contributed by atoms with Crippen molar-refractivity contribution in [2.24, 2.45) is 11.3 Å². The van der Waals surface area contributed by atoms with Gasteiger partial charge in [0.2, 0.25) is 11.8 Å². The van der Waals surface area contributed by atoms with Crippen molar-refractivity contribution in [3.05, 3.63) is 97.7 Å². The van der Waals surface area contributed by atoms with Crippen LogP contribution < -0.4 is 68.0 Å². The molecular weight excluding hydrogens is 802 g/mol. The molecule has 0 fully saturated rings. The first-order chi connectivity index (χ1) is 26.6. The number of nitrogens with zero attached hydrogens (tertiary/aromatic N) is 7. The molecule has 0 aliphatic heterocycles. The van der Waals surface area contributed by atoms with E-state index in [0.29, 0.717) is 40.4 Å². The van der Waals surface area contributed by atoms with Gasteiger partial charge in [0.25, 0.3) is 11.4 Å². The summed E-state index contributed by atoms with van der Waals surface area (Å²) in [7, 11) is 0. The number of non-ortho nitro benzene ring substituents is 1. The Labute approximate surface area is 382 Å². The van der Waals surface area contributed by atoms with Crippen molar-refractivity contribution in [2.75, 3.05) is 18.1 Å². The summed E-state index contributed by atoms with van der Waals surface area (Å²) in [5.74, 6) is -1.65. The number of carbonyl (C=O) groups excluding carboxylic acids is 5. The molecule has 0 saturated carbocycles. The van der Waals surface area contributed by atoms with Gasteiger partial charge in [-0.05, 0) is 50.5 Å². The molecule has 0 aliphatic rings. The summed E-state index contributed by atoms with van der Waals surface area (Å²) < 4.78 is 2.48. The van der Waals surface area contributed by atoms with E-state index in [1.54, 1.807) is 43.5 Å². The maximum absolute atomic E-state index is 11.1. The molecule has 3 aromatic carbocycles. The van der Waals surface area contributed by atoms with Gasteiger partial charge in [-0.1, -0.05) is 39.5 Å². The number of aromatic nitrogens is 4. The molecule has 0 aliphatic carbocycles. The molecule has 314 valence electrons. The van der Waals surface area contributed by atoms with Gasteiger partial charge in [-0.3, -0.25) is 39.4 Å². The van der Waals surface area contributed by atoms with Crippen LogP contribution in [0.1, 0.15) is 77.5 Å². The van der Waals surface area contributed by atoms with E-state index in [9.17, 15) is 44.3 Å². The summed E-state index contributed by atoms with van der Waals surface area (Å²) in [5.41, 5.74) is 14.0. The Bertz CT molecular complexity index is 2190. The van der Waals surface area contributed by atoms with E-state index < -0.39 is 15.8 Å². The number of rotatable bonds is 7. The van der Waals surface area contributed by atoms with Gasteiger partial charge in [0, 0.05) is 68.1 Å². The van der Waals surface area contributed by atoms with Crippen LogP contribution in [-0.4, -0.2) is 65.4 Å². The Morgan fingerprint density at radius 3 is 1.53 bits per heavy atom. The number of nitrogens with two attached hydrogens (primary N) is 2. The van der Waals surface area contributed by atoms with Crippen molar-refractivity contribution in [1.82, 2.24) is 19.6 Å². The molecule has 2 aromatic heterocycles. The first-order valence-electron chi connectivity index (χ1n) is 16.6. The molecule has 22 heteroatoms. The zero-order valence-corrected chi connectivity index (χ0v) is 36.6. The number of nitrogen functional groups attached to an aromatic ring is 2. The SMILES string of the molecule is C.CC(=O)C(C)=O.CC(=O)[O-].CC(=O)n1ncc2c(N)cccc21.CC(=O)n1ncc2c([N+](=O)[O-])cccc21.CC(C)CCON=O.Cc1c(N)cccc1[N+](=O)[O-].[K+]. The second kappa shape index (κ2) is 29.4. The van der Waals surface area contributed by atoms with Crippen LogP contribution in [-0.2, 0) is 19.2 Å². The van der Waals surface area contributed by atoms with Gasteiger partial charge in [-0.25, -0.2) is 9.36 Å². The molecule has 0 atom stereocenters. The van der Waals surface area contributed by atoms with Crippen molar-refractivity contribution in [2.45, 2.75) is 69.2 Å². The number of anilines is 2. The van der Waals surface area contributed by atoms with Crippen LogP contribution in [0.5, 0.6) is 0 Å². The van der Waals surface area contributed by atoms with Crippen LogP contribution in [0.3, 0.4) is 0 Å². The van der Waals surface area contributed by atoms with E-state index in [-0.39, 0.29) is 93.6 Å². The molecule has 0 unspecified atom stereocenters. The maximum Gasteiger partial charge on any atom is 1.00 e. The molecule has 59 heavy (non-hydrogen) atoms. The zero-order valence-electron chi connectivity index (χ0n) is 33.5. The predicted octanol–water partition coefficient (Wildman–Crippen LogP) is 2.66. The number of carbonyl (C=O) groups is 5. The Balaban J connectivity index is -0.000000663. The third-order valence-electron chi connectivity index (χ3n) is 6.91. The first kappa shape index (κ1) is 57.5. The van der Waals surface area contributed by atoms with Crippen LogP contribution in [0, 0.1) is 38.0 Å². The number of fused-ring (bicyclic) bond motifs is 2. The van der Waals surface area contributed by atoms with Crippen molar-refractivity contribution < 1.29 is 95.1 Å². The van der Waals surface area contributed by atoms with Crippen LogP contribution in [0.25, 0.3) is 21.8 Å². The Morgan fingerprint density at radius 1 is 0.746 bits per heavy atom. The number of hydrogen-bond acceptors (Lipinski definition) is 17. The summed E-state index contributed by atoms with van der Waals surface area (Å²) in [6.07, 6.45) is 3.83. The van der Waals surface area contributed by atoms with Gasteiger partial charge >= 0.3 is 51.4 Å². The average Bonchev–Trinajstić information content (AvgIpc) is 3.76. The molecule has 4 N–H and O–H groups in total. The van der Waals surface area contributed by atoms with Crippen molar-refractivity contribution >= 4 is 73.9 Å². The molecular formula is C37H48KN9O12. The minimum absolute atomic E-state index is 0. The van der Waals surface area contributed by atoms with Crippen LogP contribution in [0.4, 0.5) is 22.7 Å². The fourth-order valence-corrected chi connectivity index (χ4v) is 3.93. The molecule has 0 spiro atoms. The molecule has 5 rings (SSSR count). The summed E-state index contributed by atoms with van der Waals surface area (Å²) in [4.78, 5) is 84.3. The standard InChI is InChI=1S/C9H7N3O3.C9H9N3O.C7H8N2O2.C5H11NO2.C4H6O2.C2H4O2.CH4.K/c1-6(13)11-8-3-2-4-9(12(14)15)7(8)5-10-11;1-6(13)12-9-4-2-3-8(10)7(9)5-11-12;1-5-6(8)3-2-4-7(5)9(10)11;1-5(2)3-4-8-6-7;1-3(5)4(2)6;1-2(3)4;;/h2-5H,1H3;2-5H,10H2,1H3;2-4H,8H2,1H3;5H,3-4H2,1-2H3;1-2H3;1H3,(H,3,4);1H4;/q;;;;;;;+1/p-1. The van der Waals surface area contributed by atoms with Gasteiger partial charge < -0.3 is 26.2 Å². The van der Waals surface area contributed by atoms with Crippen LogP contribution >= 0.6 is 0 Å². The molecule has 0 amide bonds. The number of nitro groups is 2. The Kier molecular flexibility index (Phi) is 28.7. The fourth-order valence-electron chi connectivity index (χ4n) is 3.93. The number of nitro benzene ring substituents is 2. The molecule has 5 aromatic rings. The van der Waals surface area contributed by atoms with Crippen molar-refractivity contribution in [1.29, 1.82) is 0 Å². The van der Waals surface area contributed by atoms with Crippen LogP contribution in [0.2, 0.25) is 0 Å². The maximum atomic E-state index is 11.1. The molecule has 0 bridgehead atoms. The van der Waals surface area contributed by atoms with E-state index in [4.69, 9.17) is 21.4 Å². The largest absolute Gasteiger partial charge is 1.00 e. The average molecular weight is 850 g/mol. The Hall–Kier alpha value is -5.81. The number of carboxylic acids is 1. The summed E-state index contributed by atoms with van der Waals surface area (Å²) in [6.45, 7) is 12.5. The number of carboxylic acid groups (broad SMARTS) is 1. The molecule has 2 heterocycles. The van der Waals surface area contributed by atoms with Crippen LogP contribution in [0.15, 0.2) is 72.3 Å². The first-order valence-corrected chi connectivity index (χ1v) is 16.6. The number of ketones is 2. The summed E-state index contributed by atoms with van der Waals surface area (Å²) in [5, 5.41) is 41.1. The van der Waals surface area contributed by atoms with Gasteiger partial charge in [0.05, 0.1) is 38.7 Å². The smallest absolute Gasteiger partial charge is 0.550 e. The minimum Gasteiger partial charge on any atom is -0.550 e. The van der Waals surface area contributed by atoms with E-state index in [1.807, 2.05) is 6.07 Å².